The monoisotopic (exact) mass is 221 g/mol. The van der Waals surface area contributed by atoms with E-state index < -0.39 is 0 Å². The first-order chi connectivity index (χ1) is 8.24. The van der Waals surface area contributed by atoms with E-state index in [2.05, 4.69) is 67.4 Å². The second kappa shape index (κ2) is 3.77. The Morgan fingerprint density at radius 1 is 0.882 bits per heavy atom. The SMILES string of the molecule is Cc1cc2cc(-c3ccccc3C)ccc2[nH]1. The summed E-state index contributed by atoms with van der Waals surface area (Å²) in [5.41, 5.74) is 6.34. The van der Waals surface area contributed by atoms with Crippen LogP contribution < -0.4 is 0 Å². The zero-order valence-corrected chi connectivity index (χ0v) is 10.1. The molecule has 1 heterocycles. The summed E-state index contributed by atoms with van der Waals surface area (Å²) in [6, 6.07) is 17.3. The van der Waals surface area contributed by atoms with Gasteiger partial charge in [-0.1, -0.05) is 30.3 Å². The molecule has 0 aliphatic carbocycles. The van der Waals surface area contributed by atoms with Gasteiger partial charge in [-0.2, -0.15) is 0 Å². The molecule has 0 radical (unpaired) electrons. The van der Waals surface area contributed by atoms with Crippen LogP contribution in [0.2, 0.25) is 0 Å². The number of aryl methyl sites for hydroxylation is 2. The van der Waals surface area contributed by atoms with Crippen LogP contribution in [0.3, 0.4) is 0 Å². The Morgan fingerprint density at radius 2 is 1.71 bits per heavy atom. The average Bonchev–Trinajstić information content (AvgIpc) is 2.68. The quantitative estimate of drug-likeness (QED) is 0.624. The molecule has 1 nitrogen and oxygen atoms in total. The lowest BCUT2D eigenvalue weighted by atomic mass is 10.00. The van der Waals surface area contributed by atoms with Crippen LogP contribution in [-0.4, -0.2) is 4.98 Å². The molecule has 17 heavy (non-hydrogen) atoms. The van der Waals surface area contributed by atoms with Gasteiger partial charge in [-0.05, 0) is 48.7 Å². The van der Waals surface area contributed by atoms with Gasteiger partial charge >= 0.3 is 0 Å². The molecule has 1 N–H and O–H groups in total. The van der Waals surface area contributed by atoms with E-state index in [9.17, 15) is 0 Å². The fraction of sp³-hybridized carbons (Fsp3) is 0.125. The van der Waals surface area contributed by atoms with Crippen LogP contribution in [0.5, 0.6) is 0 Å². The first-order valence-electron chi connectivity index (χ1n) is 5.89. The fourth-order valence-corrected chi connectivity index (χ4v) is 2.34. The Morgan fingerprint density at radius 3 is 2.53 bits per heavy atom. The molecule has 0 saturated carbocycles. The van der Waals surface area contributed by atoms with Crippen LogP contribution in [0.25, 0.3) is 22.0 Å². The number of hydrogen-bond acceptors (Lipinski definition) is 0. The van der Waals surface area contributed by atoms with E-state index in [-0.39, 0.29) is 0 Å². The summed E-state index contributed by atoms with van der Waals surface area (Å²) in [6.45, 7) is 4.25. The van der Waals surface area contributed by atoms with E-state index in [4.69, 9.17) is 0 Å². The Kier molecular flexibility index (Phi) is 2.25. The van der Waals surface area contributed by atoms with Crippen molar-refractivity contribution in [3.63, 3.8) is 0 Å². The predicted octanol–water partition coefficient (Wildman–Crippen LogP) is 4.45. The van der Waals surface area contributed by atoms with Crippen molar-refractivity contribution in [1.82, 2.24) is 4.98 Å². The molecule has 3 aromatic rings. The summed E-state index contributed by atoms with van der Waals surface area (Å²) < 4.78 is 0. The van der Waals surface area contributed by atoms with E-state index in [0.717, 1.165) is 0 Å². The third-order valence-electron chi connectivity index (χ3n) is 3.21. The third kappa shape index (κ3) is 1.74. The summed E-state index contributed by atoms with van der Waals surface area (Å²) in [7, 11) is 0. The van der Waals surface area contributed by atoms with Crippen molar-refractivity contribution >= 4 is 10.9 Å². The van der Waals surface area contributed by atoms with Gasteiger partial charge < -0.3 is 4.98 Å². The molecule has 0 aliphatic rings. The Balaban J connectivity index is 2.21. The first kappa shape index (κ1) is 10.2. The molecular weight excluding hydrogens is 206 g/mol. The number of benzene rings is 2. The summed E-state index contributed by atoms with van der Waals surface area (Å²) in [6.07, 6.45) is 0. The van der Waals surface area contributed by atoms with E-state index in [1.54, 1.807) is 0 Å². The van der Waals surface area contributed by atoms with Gasteiger partial charge in [-0.25, -0.2) is 0 Å². The molecule has 1 heteroatoms. The van der Waals surface area contributed by atoms with E-state index in [1.165, 1.54) is 33.3 Å². The van der Waals surface area contributed by atoms with Crippen LogP contribution in [0.15, 0.2) is 48.5 Å². The number of H-pyrrole nitrogens is 1. The van der Waals surface area contributed by atoms with Crippen LogP contribution >= 0.6 is 0 Å². The predicted molar refractivity (Wildman–Crippen MR) is 73.2 cm³/mol. The maximum atomic E-state index is 3.35. The molecule has 0 atom stereocenters. The van der Waals surface area contributed by atoms with E-state index in [0.29, 0.717) is 0 Å². The molecule has 0 unspecified atom stereocenters. The lowest BCUT2D eigenvalue weighted by Crippen LogP contribution is -1.82. The lowest BCUT2D eigenvalue weighted by molar-refractivity contribution is 1.30. The molecule has 0 aliphatic heterocycles. The summed E-state index contributed by atoms with van der Waals surface area (Å²) in [5.74, 6) is 0. The third-order valence-corrected chi connectivity index (χ3v) is 3.21. The van der Waals surface area contributed by atoms with Crippen molar-refractivity contribution in [3.8, 4) is 11.1 Å². The molecule has 0 spiro atoms. The van der Waals surface area contributed by atoms with Gasteiger partial charge in [0.2, 0.25) is 0 Å². The van der Waals surface area contributed by atoms with Crippen molar-refractivity contribution in [2.24, 2.45) is 0 Å². The number of nitrogens with one attached hydrogen (secondary N) is 1. The van der Waals surface area contributed by atoms with Crippen LogP contribution in [0.4, 0.5) is 0 Å². The topological polar surface area (TPSA) is 15.8 Å². The molecule has 0 bridgehead atoms. The molecule has 0 amide bonds. The van der Waals surface area contributed by atoms with Gasteiger partial charge in [-0.15, -0.1) is 0 Å². The zero-order valence-electron chi connectivity index (χ0n) is 10.1. The summed E-state index contributed by atoms with van der Waals surface area (Å²) in [5, 5.41) is 1.28. The molecular formula is C16H15N. The highest BCUT2D eigenvalue weighted by atomic mass is 14.7. The number of aromatic nitrogens is 1. The van der Waals surface area contributed by atoms with Gasteiger partial charge in [-0.3, -0.25) is 0 Å². The number of aromatic amines is 1. The zero-order chi connectivity index (χ0) is 11.8. The number of fused-ring (bicyclic) bond motifs is 1. The highest BCUT2D eigenvalue weighted by molar-refractivity contribution is 5.86. The standard InChI is InChI=1S/C16H15N/c1-11-5-3-4-6-15(11)13-7-8-16-14(10-13)9-12(2)17-16/h3-10,17H,1-2H3. The van der Waals surface area contributed by atoms with Crippen molar-refractivity contribution < 1.29 is 0 Å². The Labute approximate surface area is 101 Å². The van der Waals surface area contributed by atoms with Gasteiger partial charge in [0, 0.05) is 16.6 Å². The Hall–Kier alpha value is -2.02. The Bertz CT molecular complexity index is 677. The maximum Gasteiger partial charge on any atom is 0.0456 e. The molecule has 3 rings (SSSR count). The van der Waals surface area contributed by atoms with E-state index >= 15 is 0 Å². The van der Waals surface area contributed by atoms with Crippen molar-refractivity contribution in [2.45, 2.75) is 13.8 Å². The second-order valence-electron chi connectivity index (χ2n) is 4.57. The summed E-state index contributed by atoms with van der Waals surface area (Å²) >= 11 is 0. The van der Waals surface area contributed by atoms with Gasteiger partial charge in [0.1, 0.15) is 0 Å². The van der Waals surface area contributed by atoms with Crippen LogP contribution in [0, 0.1) is 13.8 Å². The fourth-order valence-electron chi connectivity index (χ4n) is 2.34. The van der Waals surface area contributed by atoms with Crippen molar-refractivity contribution in [1.29, 1.82) is 0 Å². The molecule has 84 valence electrons. The van der Waals surface area contributed by atoms with Crippen LogP contribution in [0.1, 0.15) is 11.3 Å². The summed E-state index contributed by atoms with van der Waals surface area (Å²) in [4.78, 5) is 3.35. The van der Waals surface area contributed by atoms with Crippen molar-refractivity contribution in [2.75, 3.05) is 0 Å². The molecule has 2 aromatic carbocycles. The average molecular weight is 221 g/mol. The number of hydrogen-bond donors (Lipinski definition) is 1. The largest absolute Gasteiger partial charge is 0.359 e. The minimum Gasteiger partial charge on any atom is -0.359 e. The molecule has 0 fully saturated rings. The van der Waals surface area contributed by atoms with Gasteiger partial charge in [0.15, 0.2) is 0 Å². The smallest absolute Gasteiger partial charge is 0.0456 e. The maximum absolute atomic E-state index is 3.35. The van der Waals surface area contributed by atoms with Gasteiger partial charge in [0.05, 0.1) is 0 Å². The lowest BCUT2D eigenvalue weighted by Gasteiger charge is -2.05. The minimum absolute atomic E-state index is 1.21. The number of rotatable bonds is 1. The molecule has 1 aromatic heterocycles. The highest BCUT2D eigenvalue weighted by Gasteiger charge is 2.03. The van der Waals surface area contributed by atoms with Crippen LogP contribution in [-0.2, 0) is 0 Å². The normalized spacial score (nSPS) is 10.9. The minimum atomic E-state index is 1.21. The van der Waals surface area contributed by atoms with E-state index in [1.807, 2.05) is 0 Å². The van der Waals surface area contributed by atoms with Crippen molar-refractivity contribution in [3.05, 3.63) is 59.8 Å². The second-order valence-corrected chi connectivity index (χ2v) is 4.57. The molecule has 0 saturated heterocycles. The van der Waals surface area contributed by atoms with Gasteiger partial charge in [0.25, 0.3) is 0 Å². The highest BCUT2D eigenvalue weighted by Crippen LogP contribution is 2.27. The first-order valence-corrected chi connectivity index (χ1v) is 5.89.